The topological polar surface area (TPSA) is 63.4 Å². The summed E-state index contributed by atoms with van der Waals surface area (Å²) in [5.41, 5.74) is 0. The largest absolute Gasteiger partial charge is 0.339 e. The van der Waals surface area contributed by atoms with Gasteiger partial charge < -0.3 is 4.90 Å². The van der Waals surface area contributed by atoms with Crippen molar-refractivity contribution in [1.82, 2.24) is 24.5 Å². The van der Waals surface area contributed by atoms with Gasteiger partial charge in [0.25, 0.3) is 5.78 Å². The molecule has 1 aliphatic heterocycles. The van der Waals surface area contributed by atoms with Crippen LogP contribution >= 0.6 is 0 Å². The summed E-state index contributed by atoms with van der Waals surface area (Å²) in [7, 11) is 0. The molecule has 0 aromatic carbocycles. The summed E-state index contributed by atoms with van der Waals surface area (Å²) in [4.78, 5) is 23.4. The zero-order valence-electron chi connectivity index (χ0n) is 13.4. The van der Waals surface area contributed by atoms with Crippen molar-refractivity contribution in [2.24, 2.45) is 5.92 Å². The summed E-state index contributed by atoms with van der Waals surface area (Å²) < 4.78 is 1.63. The van der Waals surface area contributed by atoms with Crippen LogP contribution in [-0.4, -0.2) is 43.0 Å². The van der Waals surface area contributed by atoms with Crippen LogP contribution in [0.15, 0.2) is 18.5 Å². The van der Waals surface area contributed by atoms with Gasteiger partial charge in [0.05, 0.1) is 6.42 Å². The second-order valence-electron chi connectivity index (χ2n) is 6.76. The normalized spacial score (nSPS) is 22.8. The Bertz CT molecular complexity index is 658. The first kappa shape index (κ1) is 14.6. The molecule has 1 atom stereocenters. The third-order valence-corrected chi connectivity index (χ3v) is 5.28. The zero-order chi connectivity index (χ0) is 15.6. The van der Waals surface area contributed by atoms with E-state index in [0.29, 0.717) is 23.6 Å². The maximum absolute atomic E-state index is 12.8. The lowest BCUT2D eigenvalue weighted by atomic mass is 9.83. The van der Waals surface area contributed by atoms with Crippen molar-refractivity contribution in [1.29, 1.82) is 0 Å². The smallest absolute Gasteiger partial charge is 0.252 e. The first-order valence-electron chi connectivity index (χ1n) is 8.77. The van der Waals surface area contributed by atoms with E-state index in [-0.39, 0.29) is 12.3 Å². The Labute approximate surface area is 135 Å². The van der Waals surface area contributed by atoms with Crippen LogP contribution in [0.4, 0.5) is 0 Å². The summed E-state index contributed by atoms with van der Waals surface area (Å²) >= 11 is 0. The number of likely N-dealkylation sites (tertiary alicyclic amines) is 1. The minimum atomic E-state index is 0.175. The molecular weight excluding hydrogens is 290 g/mol. The van der Waals surface area contributed by atoms with Gasteiger partial charge in [-0.3, -0.25) is 4.79 Å². The minimum Gasteiger partial charge on any atom is -0.339 e. The van der Waals surface area contributed by atoms with Gasteiger partial charge in [0.2, 0.25) is 5.91 Å². The third-order valence-electron chi connectivity index (χ3n) is 5.28. The number of aromatic nitrogens is 4. The molecule has 23 heavy (non-hydrogen) atoms. The summed E-state index contributed by atoms with van der Waals surface area (Å²) in [6.07, 6.45) is 12.6. The molecule has 122 valence electrons. The van der Waals surface area contributed by atoms with Crippen LogP contribution in [-0.2, 0) is 11.2 Å². The SMILES string of the molecule is O=C(Cc1nc2ncccn2n1)N1CCC[C@@H]1C1CCCCC1. The summed E-state index contributed by atoms with van der Waals surface area (Å²) in [6.45, 7) is 0.894. The van der Waals surface area contributed by atoms with Crippen molar-refractivity contribution in [2.75, 3.05) is 6.54 Å². The minimum absolute atomic E-state index is 0.175. The van der Waals surface area contributed by atoms with Crippen LogP contribution in [0, 0.1) is 5.92 Å². The highest BCUT2D eigenvalue weighted by molar-refractivity contribution is 5.78. The van der Waals surface area contributed by atoms with Gasteiger partial charge in [0.1, 0.15) is 0 Å². The number of hydrogen-bond donors (Lipinski definition) is 0. The van der Waals surface area contributed by atoms with Crippen molar-refractivity contribution in [3.8, 4) is 0 Å². The number of nitrogens with zero attached hydrogens (tertiary/aromatic N) is 5. The van der Waals surface area contributed by atoms with Gasteiger partial charge in [0, 0.05) is 25.0 Å². The van der Waals surface area contributed by atoms with Crippen LogP contribution in [0.1, 0.15) is 50.8 Å². The second-order valence-corrected chi connectivity index (χ2v) is 6.76. The number of amides is 1. The molecule has 2 fully saturated rings. The molecule has 0 bridgehead atoms. The molecule has 0 radical (unpaired) electrons. The Morgan fingerprint density at radius 3 is 2.87 bits per heavy atom. The van der Waals surface area contributed by atoms with E-state index in [4.69, 9.17) is 0 Å². The van der Waals surface area contributed by atoms with E-state index < -0.39 is 0 Å². The fraction of sp³-hybridized carbons (Fsp3) is 0.647. The lowest BCUT2D eigenvalue weighted by molar-refractivity contribution is -0.132. The number of carbonyl (C=O) groups excluding carboxylic acids is 1. The monoisotopic (exact) mass is 313 g/mol. The van der Waals surface area contributed by atoms with Crippen LogP contribution < -0.4 is 0 Å². The Kier molecular flexibility index (Phi) is 3.97. The molecule has 6 nitrogen and oxygen atoms in total. The number of fused-ring (bicyclic) bond motifs is 1. The van der Waals surface area contributed by atoms with Gasteiger partial charge in [0.15, 0.2) is 5.82 Å². The molecule has 0 spiro atoms. The molecule has 3 heterocycles. The van der Waals surface area contributed by atoms with Crippen LogP contribution in [0.3, 0.4) is 0 Å². The Hall–Kier alpha value is -1.98. The maximum Gasteiger partial charge on any atom is 0.252 e. The van der Waals surface area contributed by atoms with Crippen molar-refractivity contribution in [3.63, 3.8) is 0 Å². The predicted octanol–water partition coefficient (Wildman–Crippen LogP) is 2.24. The highest BCUT2D eigenvalue weighted by Gasteiger charge is 2.35. The van der Waals surface area contributed by atoms with E-state index in [1.807, 2.05) is 12.3 Å². The molecule has 2 aromatic heterocycles. The number of hydrogen-bond acceptors (Lipinski definition) is 4. The summed E-state index contributed by atoms with van der Waals surface area (Å²) in [5.74, 6) is 2.00. The average molecular weight is 313 g/mol. The van der Waals surface area contributed by atoms with Crippen molar-refractivity contribution in [2.45, 2.75) is 57.4 Å². The highest BCUT2D eigenvalue weighted by atomic mass is 16.2. The molecule has 1 amide bonds. The lowest BCUT2D eigenvalue weighted by Gasteiger charge is -2.34. The van der Waals surface area contributed by atoms with Crippen molar-refractivity contribution in [3.05, 3.63) is 24.3 Å². The Morgan fingerprint density at radius 2 is 2.04 bits per heavy atom. The van der Waals surface area contributed by atoms with Crippen LogP contribution in [0.25, 0.3) is 5.78 Å². The van der Waals surface area contributed by atoms with E-state index in [1.165, 1.54) is 32.1 Å². The molecule has 0 N–H and O–H groups in total. The van der Waals surface area contributed by atoms with Gasteiger partial charge in [-0.1, -0.05) is 19.3 Å². The molecule has 4 rings (SSSR count). The fourth-order valence-corrected chi connectivity index (χ4v) is 4.20. The fourth-order valence-electron chi connectivity index (χ4n) is 4.20. The average Bonchev–Trinajstić information content (AvgIpc) is 3.22. The van der Waals surface area contributed by atoms with Crippen LogP contribution in [0.5, 0.6) is 0 Å². The van der Waals surface area contributed by atoms with Gasteiger partial charge in [-0.25, -0.2) is 9.50 Å². The quantitative estimate of drug-likeness (QED) is 0.872. The molecule has 1 saturated carbocycles. The molecule has 6 heteroatoms. The Balaban J connectivity index is 1.46. The first-order chi connectivity index (χ1) is 11.3. The van der Waals surface area contributed by atoms with Gasteiger partial charge >= 0.3 is 0 Å². The molecular formula is C17H23N5O. The van der Waals surface area contributed by atoms with E-state index in [9.17, 15) is 4.79 Å². The number of carbonyl (C=O) groups is 1. The number of rotatable bonds is 3. The van der Waals surface area contributed by atoms with E-state index >= 15 is 0 Å². The molecule has 1 saturated heterocycles. The van der Waals surface area contributed by atoms with Crippen LogP contribution in [0.2, 0.25) is 0 Å². The highest BCUT2D eigenvalue weighted by Crippen LogP contribution is 2.34. The molecule has 1 aliphatic carbocycles. The van der Waals surface area contributed by atoms with Crippen molar-refractivity contribution < 1.29 is 4.79 Å². The Morgan fingerprint density at radius 1 is 1.17 bits per heavy atom. The lowest BCUT2D eigenvalue weighted by Crippen LogP contribution is -2.41. The van der Waals surface area contributed by atoms with Gasteiger partial charge in [-0.15, -0.1) is 5.10 Å². The predicted molar refractivity (Wildman–Crippen MR) is 85.8 cm³/mol. The van der Waals surface area contributed by atoms with E-state index in [0.717, 1.165) is 19.4 Å². The van der Waals surface area contributed by atoms with E-state index in [1.54, 1.807) is 10.7 Å². The first-order valence-corrected chi connectivity index (χ1v) is 8.77. The molecule has 0 unspecified atom stereocenters. The summed E-state index contributed by atoms with van der Waals surface area (Å²) in [5, 5.41) is 4.36. The maximum atomic E-state index is 12.8. The second kappa shape index (κ2) is 6.26. The molecule has 2 aromatic rings. The zero-order valence-corrected chi connectivity index (χ0v) is 13.4. The third kappa shape index (κ3) is 2.94. The standard InChI is InChI=1S/C17H23N5O/c23-16(12-15-19-17-18-9-5-11-22(17)20-15)21-10-4-8-14(21)13-6-2-1-3-7-13/h5,9,11,13-14H,1-4,6-8,10,12H2/t14-/m1/s1. The van der Waals surface area contributed by atoms with E-state index in [2.05, 4.69) is 20.0 Å². The van der Waals surface area contributed by atoms with Gasteiger partial charge in [-0.05, 0) is 37.7 Å². The molecule has 2 aliphatic rings. The van der Waals surface area contributed by atoms with Crippen molar-refractivity contribution >= 4 is 11.7 Å². The van der Waals surface area contributed by atoms with Gasteiger partial charge in [-0.2, -0.15) is 4.98 Å². The summed E-state index contributed by atoms with van der Waals surface area (Å²) in [6, 6.07) is 2.25.